The van der Waals surface area contributed by atoms with Crippen LogP contribution < -0.4 is 16.6 Å². The Morgan fingerprint density at radius 2 is 2.00 bits per heavy atom. The molecule has 2 aromatic rings. The lowest BCUT2D eigenvalue weighted by Crippen LogP contribution is -2.40. The van der Waals surface area contributed by atoms with Gasteiger partial charge in [0.15, 0.2) is 0 Å². The van der Waals surface area contributed by atoms with Crippen LogP contribution in [0, 0.1) is 5.82 Å². The fourth-order valence-electron chi connectivity index (χ4n) is 2.72. The molecule has 3 rings (SSSR count). The lowest BCUT2D eigenvalue weighted by Gasteiger charge is -2.11. The number of halogens is 2. The van der Waals surface area contributed by atoms with E-state index in [-0.39, 0.29) is 21.6 Å². The third kappa shape index (κ3) is 2.86. The topological polar surface area (TPSA) is 73.1 Å². The zero-order valence-electron chi connectivity index (χ0n) is 13.6. The molecule has 1 aliphatic rings. The highest BCUT2D eigenvalue weighted by molar-refractivity contribution is 9.10. The maximum atomic E-state index is 13.4. The van der Waals surface area contributed by atoms with E-state index in [9.17, 15) is 18.8 Å². The van der Waals surface area contributed by atoms with E-state index in [2.05, 4.69) is 21.2 Å². The number of aromatic nitrogens is 2. The third-order valence-corrected chi connectivity index (χ3v) is 4.58. The zero-order chi connectivity index (χ0) is 18.3. The molecule has 0 atom stereocenters. The molecule has 0 saturated heterocycles. The van der Waals surface area contributed by atoms with Crippen LogP contribution in [-0.2, 0) is 13.6 Å². The van der Waals surface area contributed by atoms with Gasteiger partial charge in [0, 0.05) is 13.6 Å². The van der Waals surface area contributed by atoms with Crippen molar-refractivity contribution in [1.82, 2.24) is 9.13 Å². The molecule has 1 aliphatic heterocycles. The molecular formula is C17H15BrFN3O3. The van der Waals surface area contributed by atoms with Gasteiger partial charge in [-0.05, 0) is 46.1 Å². The summed E-state index contributed by atoms with van der Waals surface area (Å²) in [6.07, 6.45) is 2.19. The van der Waals surface area contributed by atoms with Crippen LogP contribution in [0.2, 0.25) is 0 Å². The first-order valence-corrected chi connectivity index (χ1v) is 8.46. The van der Waals surface area contributed by atoms with E-state index in [4.69, 9.17) is 0 Å². The fraction of sp³-hybridized carbons (Fsp3) is 0.235. The molecule has 0 bridgehead atoms. The average Bonchev–Trinajstić information content (AvgIpc) is 2.89. The number of nitrogens with one attached hydrogen (secondary N) is 1. The summed E-state index contributed by atoms with van der Waals surface area (Å²) in [5, 5.41) is 2.88. The normalized spacial score (nSPS) is 14.7. The molecule has 2 heterocycles. The number of hydrogen-bond acceptors (Lipinski definition) is 4. The van der Waals surface area contributed by atoms with Crippen LogP contribution >= 0.6 is 15.9 Å². The van der Waals surface area contributed by atoms with Crippen molar-refractivity contribution in [3.63, 3.8) is 0 Å². The second-order valence-corrected chi connectivity index (χ2v) is 6.56. The van der Waals surface area contributed by atoms with Gasteiger partial charge in [0.2, 0.25) is 5.78 Å². The van der Waals surface area contributed by atoms with Gasteiger partial charge in [-0.25, -0.2) is 9.18 Å². The third-order valence-electron chi connectivity index (χ3n) is 3.97. The monoisotopic (exact) mass is 407 g/mol. The van der Waals surface area contributed by atoms with Crippen molar-refractivity contribution < 1.29 is 9.18 Å². The molecule has 0 aliphatic carbocycles. The minimum Gasteiger partial charge on any atom is -0.338 e. The van der Waals surface area contributed by atoms with E-state index < -0.39 is 22.8 Å². The summed E-state index contributed by atoms with van der Waals surface area (Å²) in [7, 11) is 1.35. The Morgan fingerprint density at radius 3 is 2.64 bits per heavy atom. The number of rotatable bonds is 3. The lowest BCUT2D eigenvalue weighted by molar-refractivity contribution is 0.104. The van der Waals surface area contributed by atoms with E-state index in [0.29, 0.717) is 18.5 Å². The summed E-state index contributed by atoms with van der Waals surface area (Å²) in [6.45, 7) is 2.28. The molecule has 0 saturated carbocycles. The van der Waals surface area contributed by atoms with Gasteiger partial charge in [0.05, 0.1) is 10.2 Å². The maximum Gasteiger partial charge on any atom is 0.332 e. The Hall–Kier alpha value is -2.48. The van der Waals surface area contributed by atoms with Gasteiger partial charge < -0.3 is 5.32 Å². The first-order chi connectivity index (χ1) is 11.8. The number of benzene rings is 1. The van der Waals surface area contributed by atoms with Gasteiger partial charge in [-0.2, -0.15) is 0 Å². The molecule has 25 heavy (non-hydrogen) atoms. The Kier molecular flexibility index (Phi) is 4.47. The molecule has 1 aromatic heterocycles. The van der Waals surface area contributed by atoms with Crippen LogP contribution in [0.1, 0.15) is 29.3 Å². The second-order valence-electron chi connectivity index (χ2n) is 5.71. The van der Waals surface area contributed by atoms with Crippen LogP contribution in [0.4, 0.5) is 10.2 Å². The second kappa shape index (κ2) is 6.44. The van der Waals surface area contributed by atoms with Crippen molar-refractivity contribution in [2.75, 3.05) is 5.32 Å². The van der Waals surface area contributed by atoms with Crippen molar-refractivity contribution in [1.29, 1.82) is 0 Å². The molecule has 1 aromatic carbocycles. The first kappa shape index (κ1) is 17.3. The quantitative estimate of drug-likeness (QED) is 0.793. The molecule has 8 heteroatoms. The van der Waals surface area contributed by atoms with Crippen LogP contribution in [0.25, 0.3) is 6.08 Å². The van der Waals surface area contributed by atoms with Gasteiger partial charge in [-0.3, -0.25) is 18.7 Å². The van der Waals surface area contributed by atoms with E-state index >= 15 is 0 Å². The Balaban J connectivity index is 2.15. The van der Waals surface area contributed by atoms with Crippen LogP contribution in [0.5, 0.6) is 0 Å². The van der Waals surface area contributed by atoms with Crippen molar-refractivity contribution in [3.05, 3.63) is 66.2 Å². The average molecular weight is 408 g/mol. The molecule has 6 nitrogen and oxygen atoms in total. The SMILES string of the molecule is CCCn1c2c(c(=O)n(C)c1=O)C(=O)C(=Cc1ccc(F)c(Br)c1)N2. The molecule has 130 valence electrons. The maximum absolute atomic E-state index is 13.4. The number of hydrogen-bond donors (Lipinski definition) is 1. The number of ketones is 1. The van der Waals surface area contributed by atoms with Gasteiger partial charge >= 0.3 is 5.69 Å². The number of Topliss-reactive ketones (excluding diaryl/α,β-unsaturated/α-hetero) is 1. The Labute approximate surface area is 150 Å². The molecule has 0 fully saturated rings. The number of anilines is 1. The van der Waals surface area contributed by atoms with Crippen molar-refractivity contribution in [2.45, 2.75) is 19.9 Å². The van der Waals surface area contributed by atoms with Crippen LogP contribution in [-0.4, -0.2) is 14.9 Å². The molecule has 0 spiro atoms. The summed E-state index contributed by atoms with van der Waals surface area (Å²) >= 11 is 3.09. The smallest absolute Gasteiger partial charge is 0.332 e. The van der Waals surface area contributed by atoms with Crippen molar-refractivity contribution in [3.8, 4) is 0 Å². The number of nitrogens with zero attached hydrogens (tertiary/aromatic N) is 2. The standard InChI is InChI=1S/C17H15BrFN3O3/c1-3-6-22-15-13(16(24)21(2)17(22)25)14(23)12(20-15)8-9-4-5-11(19)10(18)7-9/h4-5,7-8,20H,3,6H2,1-2H3. The van der Waals surface area contributed by atoms with Gasteiger partial charge in [0.25, 0.3) is 5.56 Å². The minimum absolute atomic E-state index is 0.0528. The molecule has 0 amide bonds. The van der Waals surface area contributed by atoms with Gasteiger partial charge in [0.1, 0.15) is 17.2 Å². The lowest BCUT2D eigenvalue weighted by atomic mass is 10.1. The van der Waals surface area contributed by atoms with Crippen LogP contribution in [0.3, 0.4) is 0 Å². The zero-order valence-corrected chi connectivity index (χ0v) is 15.2. The van der Waals surface area contributed by atoms with E-state index in [1.165, 1.54) is 35.9 Å². The van der Waals surface area contributed by atoms with Crippen LogP contribution in [0.15, 0.2) is 38.0 Å². The first-order valence-electron chi connectivity index (χ1n) is 7.67. The van der Waals surface area contributed by atoms with E-state index in [1.807, 2.05) is 6.92 Å². The number of allylic oxidation sites excluding steroid dienone is 1. The number of carbonyl (C=O) groups excluding carboxylic acids is 1. The highest BCUT2D eigenvalue weighted by Crippen LogP contribution is 2.27. The predicted molar refractivity (Wildman–Crippen MR) is 96.3 cm³/mol. The molecule has 1 N–H and O–H groups in total. The Morgan fingerprint density at radius 1 is 1.28 bits per heavy atom. The summed E-state index contributed by atoms with van der Waals surface area (Å²) in [5.74, 6) is -0.685. The molecular weight excluding hydrogens is 393 g/mol. The summed E-state index contributed by atoms with van der Waals surface area (Å²) < 4.78 is 15.9. The minimum atomic E-state index is -0.631. The van der Waals surface area contributed by atoms with E-state index in [0.717, 1.165) is 4.57 Å². The summed E-state index contributed by atoms with van der Waals surface area (Å²) in [5.41, 5.74) is -0.410. The fourth-order valence-corrected chi connectivity index (χ4v) is 3.12. The largest absolute Gasteiger partial charge is 0.338 e. The van der Waals surface area contributed by atoms with Gasteiger partial charge in [-0.15, -0.1) is 0 Å². The molecule has 0 radical (unpaired) electrons. The highest BCUT2D eigenvalue weighted by Gasteiger charge is 2.32. The van der Waals surface area contributed by atoms with Crippen molar-refractivity contribution >= 4 is 33.6 Å². The summed E-state index contributed by atoms with van der Waals surface area (Å²) in [4.78, 5) is 37.3. The Bertz CT molecular complexity index is 1040. The number of fused-ring (bicyclic) bond motifs is 1. The van der Waals surface area contributed by atoms with Gasteiger partial charge in [-0.1, -0.05) is 13.0 Å². The van der Waals surface area contributed by atoms with Crippen molar-refractivity contribution in [2.24, 2.45) is 7.05 Å². The highest BCUT2D eigenvalue weighted by atomic mass is 79.9. The van der Waals surface area contributed by atoms with E-state index in [1.54, 1.807) is 0 Å². The number of carbonyl (C=O) groups is 1. The predicted octanol–water partition coefficient (Wildman–Crippen LogP) is 2.51. The molecule has 0 unspecified atom stereocenters. The summed E-state index contributed by atoms with van der Waals surface area (Å²) in [6, 6.07) is 4.31.